The third kappa shape index (κ3) is 3.85. The lowest BCUT2D eigenvalue weighted by Crippen LogP contribution is -2.43. The second-order valence-electron chi connectivity index (χ2n) is 8.54. The molecule has 1 aliphatic carbocycles. The minimum atomic E-state index is -2.88. The van der Waals surface area contributed by atoms with Gasteiger partial charge in [0.15, 0.2) is 0 Å². The topological polar surface area (TPSA) is 44.8 Å². The van der Waals surface area contributed by atoms with Gasteiger partial charge in [-0.3, -0.25) is 4.57 Å². The van der Waals surface area contributed by atoms with E-state index < -0.39 is 7.59 Å². The van der Waals surface area contributed by atoms with Crippen molar-refractivity contribution in [3.8, 4) is 5.75 Å². The molecule has 1 aromatic rings. The van der Waals surface area contributed by atoms with E-state index in [4.69, 9.17) is 4.74 Å². The molecular weight excluding hydrogens is 357 g/mol. The molecule has 5 nitrogen and oxygen atoms in total. The number of methoxy groups -OCH3 is 1. The van der Waals surface area contributed by atoms with Gasteiger partial charge in [-0.2, -0.15) is 0 Å². The molecule has 0 bridgehead atoms. The maximum Gasteiger partial charge on any atom is 0.285 e. The van der Waals surface area contributed by atoms with Crippen LogP contribution in [0.2, 0.25) is 0 Å². The Labute approximate surface area is 165 Å². The normalized spacial score (nSPS) is 27.1. The quantitative estimate of drug-likeness (QED) is 0.673. The maximum atomic E-state index is 14.6. The lowest BCUT2D eigenvalue weighted by Gasteiger charge is -2.38. The summed E-state index contributed by atoms with van der Waals surface area (Å²) >= 11 is 0. The van der Waals surface area contributed by atoms with Crippen molar-refractivity contribution >= 4 is 7.59 Å². The van der Waals surface area contributed by atoms with Gasteiger partial charge in [-0.15, -0.1) is 0 Å². The Morgan fingerprint density at radius 1 is 1.04 bits per heavy atom. The number of rotatable bonds is 6. The Hall–Kier alpha value is -0.870. The lowest BCUT2D eigenvalue weighted by molar-refractivity contribution is 0.173. The van der Waals surface area contributed by atoms with E-state index in [-0.39, 0.29) is 18.1 Å². The third-order valence-corrected chi connectivity index (χ3v) is 9.51. The second-order valence-corrected chi connectivity index (χ2v) is 10.8. The first-order valence-electron chi connectivity index (χ1n) is 10.4. The van der Waals surface area contributed by atoms with Crippen molar-refractivity contribution in [2.45, 2.75) is 90.5 Å². The van der Waals surface area contributed by atoms with E-state index in [1.165, 1.54) is 12.8 Å². The summed E-state index contributed by atoms with van der Waals surface area (Å²) in [7, 11) is -1.19. The van der Waals surface area contributed by atoms with E-state index in [0.29, 0.717) is 12.1 Å². The molecule has 27 heavy (non-hydrogen) atoms. The molecule has 3 atom stereocenters. The Bertz CT molecular complexity index is 666. The molecule has 0 radical (unpaired) electrons. The largest absolute Gasteiger partial charge is 0.497 e. The monoisotopic (exact) mass is 393 g/mol. The number of hydrogen-bond acceptors (Lipinski definition) is 2. The first-order valence-corrected chi connectivity index (χ1v) is 12.0. The summed E-state index contributed by atoms with van der Waals surface area (Å²) in [5.41, 5.74) is 1.10. The fraction of sp³-hybridized carbons (Fsp3) is 0.714. The molecule has 152 valence electrons. The molecule has 6 heteroatoms. The van der Waals surface area contributed by atoms with Crippen molar-refractivity contribution in [2.24, 2.45) is 0 Å². The van der Waals surface area contributed by atoms with Crippen molar-refractivity contribution in [1.82, 2.24) is 14.4 Å². The summed E-state index contributed by atoms with van der Waals surface area (Å²) in [6.45, 7) is 10.8. The van der Waals surface area contributed by atoms with E-state index >= 15 is 0 Å². The number of benzene rings is 1. The molecule has 1 aliphatic heterocycles. The van der Waals surface area contributed by atoms with Crippen molar-refractivity contribution in [1.29, 1.82) is 0 Å². The van der Waals surface area contributed by atoms with Crippen molar-refractivity contribution in [3.05, 3.63) is 29.8 Å². The summed E-state index contributed by atoms with van der Waals surface area (Å²) in [6, 6.07) is 9.30. The van der Waals surface area contributed by atoms with Crippen LogP contribution in [0.5, 0.6) is 5.75 Å². The predicted octanol–water partition coefficient (Wildman–Crippen LogP) is 5.20. The fourth-order valence-electron chi connectivity index (χ4n) is 4.99. The van der Waals surface area contributed by atoms with E-state index in [1.54, 1.807) is 7.11 Å². The van der Waals surface area contributed by atoms with Gasteiger partial charge in [-0.25, -0.2) is 14.4 Å². The zero-order chi connectivity index (χ0) is 19.8. The van der Waals surface area contributed by atoms with Gasteiger partial charge in [0.2, 0.25) is 0 Å². The van der Waals surface area contributed by atoms with Gasteiger partial charge in [0.25, 0.3) is 7.59 Å². The first kappa shape index (κ1) is 20.9. The van der Waals surface area contributed by atoms with Crippen LogP contribution in [0, 0.1) is 0 Å². The van der Waals surface area contributed by atoms with E-state index in [1.807, 2.05) is 18.2 Å². The molecule has 0 aromatic heterocycles. The summed E-state index contributed by atoms with van der Waals surface area (Å²) in [5, 5.41) is 3.59. The van der Waals surface area contributed by atoms with Gasteiger partial charge in [0.05, 0.1) is 7.11 Å². The lowest BCUT2D eigenvalue weighted by atomic mass is 9.89. The molecular formula is C21H36N3O2P. The van der Waals surface area contributed by atoms with Gasteiger partial charge >= 0.3 is 0 Å². The van der Waals surface area contributed by atoms with Crippen LogP contribution in [-0.4, -0.2) is 40.6 Å². The molecule has 3 rings (SSSR count). The predicted molar refractivity (Wildman–Crippen MR) is 112 cm³/mol. The van der Waals surface area contributed by atoms with Crippen LogP contribution in [0.3, 0.4) is 0 Å². The van der Waals surface area contributed by atoms with Crippen molar-refractivity contribution < 1.29 is 9.30 Å². The zero-order valence-corrected chi connectivity index (χ0v) is 18.6. The molecule has 1 saturated heterocycles. The number of nitrogens with one attached hydrogen (secondary N) is 1. The minimum Gasteiger partial charge on any atom is -0.497 e. The van der Waals surface area contributed by atoms with Crippen LogP contribution < -0.4 is 9.82 Å². The average Bonchev–Trinajstić information content (AvgIpc) is 2.89. The van der Waals surface area contributed by atoms with E-state index in [2.05, 4.69) is 55.1 Å². The van der Waals surface area contributed by atoms with E-state index in [0.717, 1.165) is 24.2 Å². The van der Waals surface area contributed by atoms with Gasteiger partial charge in [-0.1, -0.05) is 25.0 Å². The number of fused-ring (bicyclic) bond motifs is 1. The van der Waals surface area contributed by atoms with Gasteiger partial charge in [0, 0.05) is 30.2 Å². The van der Waals surface area contributed by atoms with Crippen LogP contribution in [0.4, 0.5) is 0 Å². The van der Waals surface area contributed by atoms with E-state index in [9.17, 15) is 4.57 Å². The standard InChI is InChI=1S/C21H36N3O2P/c1-15(2)23-20-12-7-8-13-21(20)24(16(3)4)27(23,25)22-17(5)18-10-9-11-19(14-18)26-6/h9-11,14-17,20-21H,7-8,12-13H2,1-6H3,(H,22,25)/t17-,20-,21-/m1/s1. The van der Waals surface area contributed by atoms with Gasteiger partial charge in [0.1, 0.15) is 5.75 Å². The fourth-order valence-corrected chi connectivity index (χ4v) is 8.75. The molecule has 2 aliphatic rings. The average molecular weight is 394 g/mol. The van der Waals surface area contributed by atoms with Crippen molar-refractivity contribution in [3.63, 3.8) is 0 Å². The Kier molecular flexibility index (Phi) is 6.37. The molecule has 1 saturated carbocycles. The zero-order valence-electron chi connectivity index (χ0n) is 17.7. The first-order chi connectivity index (χ1) is 12.8. The number of ether oxygens (including phenoxy) is 1. The van der Waals surface area contributed by atoms with Crippen LogP contribution in [0.25, 0.3) is 0 Å². The smallest absolute Gasteiger partial charge is 0.285 e. The Balaban J connectivity index is 1.96. The molecule has 0 unspecified atom stereocenters. The van der Waals surface area contributed by atoms with Gasteiger partial charge in [-0.05, 0) is 65.2 Å². The third-order valence-electron chi connectivity index (χ3n) is 6.01. The van der Waals surface area contributed by atoms with Crippen molar-refractivity contribution in [2.75, 3.05) is 7.11 Å². The van der Waals surface area contributed by atoms with Gasteiger partial charge < -0.3 is 4.74 Å². The maximum absolute atomic E-state index is 14.6. The Morgan fingerprint density at radius 2 is 1.59 bits per heavy atom. The molecule has 1 N–H and O–H groups in total. The highest BCUT2D eigenvalue weighted by atomic mass is 31.2. The highest BCUT2D eigenvalue weighted by molar-refractivity contribution is 7.57. The van der Waals surface area contributed by atoms with Crippen LogP contribution in [-0.2, 0) is 4.57 Å². The highest BCUT2D eigenvalue weighted by Crippen LogP contribution is 2.63. The summed E-state index contributed by atoms with van der Waals surface area (Å²) in [4.78, 5) is 0. The van der Waals surface area contributed by atoms with Crippen LogP contribution in [0.15, 0.2) is 24.3 Å². The molecule has 1 heterocycles. The molecule has 0 amide bonds. The second kappa shape index (κ2) is 8.24. The molecule has 0 spiro atoms. The van der Waals surface area contributed by atoms with Crippen LogP contribution in [0.1, 0.15) is 71.9 Å². The van der Waals surface area contributed by atoms with Crippen LogP contribution >= 0.6 is 7.59 Å². The summed E-state index contributed by atoms with van der Waals surface area (Å²) in [6.07, 6.45) is 4.76. The minimum absolute atomic E-state index is 0.0198. The Morgan fingerprint density at radius 3 is 2.07 bits per heavy atom. The highest BCUT2D eigenvalue weighted by Gasteiger charge is 2.57. The SMILES string of the molecule is COc1cccc([C@@H](C)NP2(=O)N(C(C)C)[C@@H]3CCCC[C@H]3N2C(C)C)c1. The number of nitrogens with zero attached hydrogens (tertiary/aromatic N) is 2. The summed E-state index contributed by atoms with van der Waals surface area (Å²) in [5.74, 6) is 0.834. The number of hydrogen-bond donors (Lipinski definition) is 1. The summed E-state index contributed by atoms with van der Waals surface area (Å²) < 4.78 is 24.6. The molecule has 1 aromatic carbocycles. The molecule has 2 fully saturated rings.